The summed E-state index contributed by atoms with van der Waals surface area (Å²) in [5.41, 5.74) is 1.19. The molecule has 0 aliphatic rings. The van der Waals surface area contributed by atoms with Crippen LogP contribution in [0.2, 0.25) is 0 Å². The van der Waals surface area contributed by atoms with Crippen molar-refractivity contribution in [3.05, 3.63) is 53.7 Å². The molecule has 134 valence electrons. The quantitative estimate of drug-likeness (QED) is 0.872. The Morgan fingerprint density at radius 1 is 1.16 bits per heavy atom. The zero-order valence-electron chi connectivity index (χ0n) is 14.7. The first-order valence-corrected chi connectivity index (χ1v) is 9.19. The third kappa shape index (κ3) is 4.34. The van der Waals surface area contributed by atoms with Gasteiger partial charge in [0.05, 0.1) is 10.9 Å². The van der Waals surface area contributed by atoms with Crippen LogP contribution < -0.4 is 10.0 Å². The van der Waals surface area contributed by atoms with Crippen molar-refractivity contribution >= 4 is 21.7 Å². The highest BCUT2D eigenvalue weighted by atomic mass is 32.2. The number of benzene rings is 1. The minimum atomic E-state index is -3.79. The molecule has 7 nitrogen and oxygen atoms in total. The van der Waals surface area contributed by atoms with Gasteiger partial charge in [-0.05, 0) is 36.8 Å². The number of primary sulfonamides is 1. The Hall–Kier alpha value is -2.45. The Labute approximate surface area is 148 Å². The molecule has 2 N–H and O–H groups in total. The molecule has 0 unspecified atom stereocenters. The first-order chi connectivity index (χ1) is 11.6. The van der Waals surface area contributed by atoms with E-state index in [-0.39, 0.29) is 16.8 Å². The third-order valence-corrected chi connectivity index (χ3v) is 4.93. The molecule has 1 amide bonds. The maximum absolute atomic E-state index is 12.8. The molecule has 1 aromatic heterocycles. The first kappa shape index (κ1) is 18.9. The number of nitrogens with two attached hydrogens (primary N) is 1. The molecule has 0 spiro atoms. The van der Waals surface area contributed by atoms with Crippen LogP contribution in [0, 0.1) is 0 Å². The number of carbonyl (C=O) groups excluding carboxylic acids is 1. The number of rotatable bonds is 5. The lowest BCUT2D eigenvalue weighted by Crippen LogP contribution is -2.30. The maximum atomic E-state index is 12.8. The van der Waals surface area contributed by atoms with Crippen molar-refractivity contribution in [1.82, 2.24) is 9.88 Å². The van der Waals surface area contributed by atoms with Gasteiger partial charge in [-0.2, -0.15) is 0 Å². The molecule has 1 aromatic carbocycles. The van der Waals surface area contributed by atoms with Crippen LogP contribution in [-0.2, 0) is 10.0 Å². The molecular formula is C17H22N4O3S. The van der Waals surface area contributed by atoms with Crippen LogP contribution in [0.25, 0.3) is 0 Å². The third-order valence-electron chi connectivity index (χ3n) is 4.02. The van der Waals surface area contributed by atoms with E-state index in [2.05, 4.69) is 4.98 Å². The van der Waals surface area contributed by atoms with E-state index in [1.165, 1.54) is 12.1 Å². The van der Waals surface area contributed by atoms with Gasteiger partial charge >= 0.3 is 0 Å². The molecule has 2 rings (SSSR count). The molecule has 0 bridgehead atoms. The summed E-state index contributed by atoms with van der Waals surface area (Å²) in [5, 5.41) is 5.18. The van der Waals surface area contributed by atoms with E-state index in [0.29, 0.717) is 16.9 Å². The van der Waals surface area contributed by atoms with Gasteiger partial charge in [-0.15, -0.1) is 0 Å². The highest BCUT2D eigenvalue weighted by molar-refractivity contribution is 7.89. The van der Waals surface area contributed by atoms with Gasteiger partial charge in [-0.1, -0.05) is 12.1 Å². The van der Waals surface area contributed by atoms with Crippen LogP contribution in [0.15, 0.2) is 47.5 Å². The van der Waals surface area contributed by atoms with E-state index >= 15 is 0 Å². The Morgan fingerprint density at radius 3 is 2.44 bits per heavy atom. The number of hydrogen-bond acceptors (Lipinski definition) is 5. The van der Waals surface area contributed by atoms with Crippen molar-refractivity contribution in [1.29, 1.82) is 0 Å². The van der Waals surface area contributed by atoms with Gasteiger partial charge in [0.1, 0.15) is 5.82 Å². The summed E-state index contributed by atoms with van der Waals surface area (Å²) < 4.78 is 23.0. The summed E-state index contributed by atoms with van der Waals surface area (Å²) in [6.45, 7) is 1.83. The molecule has 0 saturated carbocycles. The fraction of sp³-hybridized carbons (Fsp3) is 0.294. The van der Waals surface area contributed by atoms with Gasteiger partial charge < -0.3 is 9.80 Å². The number of hydrogen-bond donors (Lipinski definition) is 1. The summed E-state index contributed by atoms with van der Waals surface area (Å²) in [5.74, 6) is 0.502. The Bertz CT molecular complexity index is 881. The largest absolute Gasteiger partial charge is 0.363 e. The summed E-state index contributed by atoms with van der Waals surface area (Å²) in [7, 11) is 1.58. The predicted molar refractivity (Wildman–Crippen MR) is 96.9 cm³/mol. The molecule has 0 saturated heterocycles. The maximum Gasteiger partial charge on any atom is 0.254 e. The van der Waals surface area contributed by atoms with E-state index in [4.69, 9.17) is 5.14 Å². The lowest BCUT2D eigenvalue weighted by Gasteiger charge is -2.26. The highest BCUT2D eigenvalue weighted by Gasteiger charge is 2.21. The van der Waals surface area contributed by atoms with E-state index in [0.717, 1.165) is 0 Å². The smallest absolute Gasteiger partial charge is 0.254 e. The number of carbonyl (C=O) groups is 1. The number of aromatic nitrogens is 1. The molecule has 0 fully saturated rings. The normalized spacial score (nSPS) is 12.5. The van der Waals surface area contributed by atoms with Crippen LogP contribution in [0.4, 0.5) is 5.82 Å². The van der Waals surface area contributed by atoms with Crippen LogP contribution in [0.3, 0.4) is 0 Å². The van der Waals surface area contributed by atoms with Crippen molar-refractivity contribution in [2.24, 2.45) is 5.14 Å². The number of amides is 1. The standard InChI is InChI=1S/C17H22N4O3S/c1-12(13-6-5-7-15(10-13)25(18,23)24)21(4)17(22)14-8-9-19-16(11-14)20(2)3/h5-12H,1-4H3,(H2,18,23,24)/t12-/m0/s1. The second-order valence-electron chi connectivity index (χ2n) is 6.01. The van der Waals surface area contributed by atoms with Crippen LogP contribution in [-0.4, -0.2) is 45.4 Å². The predicted octanol–water partition coefficient (Wildman–Crippen LogP) is 1.63. The number of sulfonamides is 1. The zero-order valence-corrected chi connectivity index (χ0v) is 15.5. The van der Waals surface area contributed by atoms with E-state index in [1.807, 2.05) is 25.9 Å². The Morgan fingerprint density at radius 2 is 1.84 bits per heavy atom. The monoisotopic (exact) mass is 362 g/mol. The Kier molecular flexibility index (Phi) is 5.44. The minimum absolute atomic E-state index is 0.0245. The molecule has 25 heavy (non-hydrogen) atoms. The van der Waals surface area contributed by atoms with Gasteiger partial charge in [0.2, 0.25) is 10.0 Å². The van der Waals surface area contributed by atoms with Gasteiger partial charge in [-0.25, -0.2) is 18.5 Å². The second kappa shape index (κ2) is 7.20. The van der Waals surface area contributed by atoms with E-state index < -0.39 is 10.0 Å². The van der Waals surface area contributed by atoms with Crippen molar-refractivity contribution in [2.45, 2.75) is 17.9 Å². The number of pyridine rings is 1. The molecule has 1 heterocycles. The van der Waals surface area contributed by atoms with Crippen molar-refractivity contribution in [2.75, 3.05) is 26.0 Å². The zero-order chi connectivity index (χ0) is 18.8. The van der Waals surface area contributed by atoms with Gasteiger partial charge in [0.15, 0.2) is 0 Å². The van der Waals surface area contributed by atoms with Crippen LogP contribution >= 0.6 is 0 Å². The highest BCUT2D eigenvalue weighted by Crippen LogP contribution is 2.23. The van der Waals surface area contributed by atoms with Gasteiger partial charge in [0, 0.05) is 32.9 Å². The second-order valence-corrected chi connectivity index (χ2v) is 7.57. The summed E-state index contributed by atoms with van der Waals surface area (Å²) in [6.07, 6.45) is 1.59. The molecule has 1 atom stereocenters. The SMILES string of the molecule is C[C@@H](c1cccc(S(N)(=O)=O)c1)N(C)C(=O)c1ccnc(N(C)C)c1. The topological polar surface area (TPSA) is 96.6 Å². The van der Waals surface area contributed by atoms with Crippen molar-refractivity contribution in [3.8, 4) is 0 Å². The summed E-state index contributed by atoms with van der Waals surface area (Å²) in [6, 6.07) is 9.33. The first-order valence-electron chi connectivity index (χ1n) is 7.64. The molecule has 2 aromatic rings. The average molecular weight is 362 g/mol. The number of anilines is 1. The molecular weight excluding hydrogens is 340 g/mol. The summed E-state index contributed by atoms with van der Waals surface area (Å²) in [4.78, 5) is 20.3. The van der Waals surface area contributed by atoms with Crippen molar-refractivity contribution in [3.63, 3.8) is 0 Å². The fourth-order valence-electron chi connectivity index (χ4n) is 2.35. The molecule has 0 aliphatic carbocycles. The number of nitrogens with zero attached hydrogens (tertiary/aromatic N) is 3. The molecule has 0 aliphatic heterocycles. The van der Waals surface area contributed by atoms with E-state index in [9.17, 15) is 13.2 Å². The molecule has 0 radical (unpaired) electrons. The summed E-state index contributed by atoms with van der Waals surface area (Å²) >= 11 is 0. The average Bonchev–Trinajstić information content (AvgIpc) is 2.59. The Balaban J connectivity index is 2.29. The fourth-order valence-corrected chi connectivity index (χ4v) is 2.92. The lowest BCUT2D eigenvalue weighted by atomic mass is 10.1. The molecule has 8 heteroatoms. The van der Waals surface area contributed by atoms with Crippen LogP contribution in [0.5, 0.6) is 0 Å². The van der Waals surface area contributed by atoms with Gasteiger partial charge in [-0.3, -0.25) is 4.79 Å². The van der Waals surface area contributed by atoms with Gasteiger partial charge in [0.25, 0.3) is 5.91 Å². The minimum Gasteiger partial charge on any atom is -0.363 e. The lowest BCUT2D eigenvalue weighted by molar-refractivity contribution is 0.0742. The van der Waals surface area contributed by atoms with Crippen molar-refractivity contribution < 1.29 is 13.2 Å². The van der Waals surface area contributed by atoms with E-state index in [1.54, 1.807) is 42.4 Å². The van der Waals surface area contributed by atoms with Crippen LogP contribution in [0.1, 0.15) is 28.9 Å².